The smallest absolute Gasteiger partial charge is 0.253 e. The molecule has 2 fully saturated rings. The molecule has 210 valence electrons. The van der Waals surface area contributed by atoms with Gasteiger partial charge in [0.25, 0.3) is 5.56 Å². The predicted molar refractivity (Wildman–Crippen MR) is 154 cm³/mol. The van der Waals surface area contributed by atoms with Crippen LogP contribution in [-0.4, -0.2) is 75.6 Å². The third-order valence-electron chi connectivity index (χ3n) is 8.25. The van der Waals surface area contributed by atoms with Crippen LogP contribution < -0.4 is 15.2 Å². The molecule has 10 heteroatoms. The molecule has 0 saturated carbocycles. The van der Waals surface area contributed by atoms with E-state index in [-0.39, 0.29) is 11.7 Å². The third-order valence-corrected chi connectivity index (χ3v) is 8.25. The molecule has 10 nitrogen and oxygen atoms in total. The molecule has 0 aliphatic carbocycles. The van der Waals surface area contributed by atoms with E-state index in [4.69, 9.17) is 9.47 Å². The Balaban J connectivity index is 1.37. The Morgan fingerprint density at radius 1 is 1.12 bits per heavy atom. The van der Waals surface area contributed by atoms with E-state index in [0.717, 1.165) is 62.3 Å². The summed E-state index contributed by atoms with van der Waals surface area (Å²) in [6, 6.07) is 13.8. The molecule has 4 aromatic rings. The Labute approximate surface area is 233 Å². The number of nitrogens with zero attached hydrogens (tertiary/aromatic N) is 6. The van der Waals surface area contributed by atoms with E-state index in [0.29, 0.717) is 24.5 Å². The number of nitrogens with one attached hydrogen (secondary N) is 1. The summed E-state index contributed by atoms with van der Waals surface area (Å²) in [5.74, 6) is 1.44. The van der Waals surface area contributed by atoms with Gasteiger partial charge in [0.2, 0.25) is 0 Å². The fraction of sp³-hybridized carbons (Fsp3) is 0.467. The predicted octanol–water partition coefficient (Wildman–Crippen LogP) is 3.62. The summed E-state index contributed by atoms with van der Waals surface area (Å²) in [4.78, 5) is 21.5. The molecular weight excluding hydrogens is 506 g/mol. The largest absolute Gasteiger partial charge is 0.494 e. The summed E-state index contributed by atoms with van der Waals surface area (Å²) in [5, 5.41) is 13.8. The van der Waals surface area contributed by atoms with E-state index in [9.17, 15) is 4.79 Å². The second-order valence-electron chi connectivity index (χ2n) is 10.7. The summed E-state index contributed by atoms with van der Waals surface area (Å²) in [6.07, 6.45) is 2.10. The number of anilines is 1. The van der Waals surface area contributed by atoms with Crippen LogP contribution in [0.2, 0.25) is 0 Å². The van der Waals surface area contributed by atoms with Crippen LogP contribution in [0, 0.1) is 13.8 Å². The number of aromatic nitrogens is 5. The molecule has 2 atom stereocenters. The quantitative estimate of drug-likeness (QED) is 0.360. The van der Waals surface area contributed by atoms with Crippen molar-refractivity contribution >= 4 is 16.6 Å². The van der Waals surface area contributed by atoms with Crippen molar-refractivity contribution in [1.82, 2.24) is 30.1 Å². The standard InChI is InChI=1S/C30H37N7O3/c1-4-39-23-10-11-26-22(17-23)18-25(30(38)31-26)28(29-32-33-34-37(29)19-24-8-6-16-40-24)36-14-12-35(13-15-36)27-9-5-7-20(2)21(27)3/h5,7,9-11,17-18,24,28H,4,6,8,12-16,19H2,1-3H3,(H,31,38)/t24-,28+/m0/s1. The highest BCUT2D eigenvalue weighted by molar-refractivity contribution is 5.80. The van der Waals surface area contributed by atoms with Gasteiger partial charge in [-0.25, -0.2) is 4.68 Å². The van der Waals surface area contributed by atoms with Crippen molar-refractivity contribution in [2.75, 3.05) is 44.3 Å². The summed E-state index contributed by atoms with van der Waals surface area (Å²) in [7, 11) is 0. The number of aromatic amines is 1. The van der Waals surface area contributed by atoms with E-state index in [1.807, 2.05) is 35.9 Å². The van der Waals surface area contributed by atoms with E-state index in [1.165, 1.54) is 16.8 Å². The highest BCUT2D eigenvalue weighted by Gasteiger charge is 2.34. The number of benzene rings is 2. The monoisotopic (exact) mass is 543 g/mol. The van der Waals surface area contributed by atoms with Gasteiger partial charge in [0.05, 0.1) is 19.3 Å². The number of aryl methyl sites for hydroxylation is 1. The van der Waals surface area contributed by atoms with Crippen molar-refractivity contribution < 1.29 is 9.47 Å². The number of rotatable bonds is 8. The molecule has 2 saturated heterocycles. The fourth-order valence-corrected chi connectivity index (χ4v) is 5.98. The first kappa shape index (κ1) is 26.5. The summed E-state index contributed by atoms with van der Waals surface area (Å²) >= 11 is 0. The Morgan fingerprint density at radius 2 is 1.98 bits per heavy atom. The van der Waals surface area contributed by atoms with Crippen LogP contribution in [0.25, 0.3) is 10.9 Å². The van der Waals surface area contributed by atoms with Crippen LogP contribution in [-0.2, 0) is 11.3 Å². The lowest BCUT2D eigenvalue weighted by Gasteiger charge is -2.40. The van der Waals surface area contributed by atoms with Crippen LogP contribution in [0.1, 0.15) is 48.3 Å². The first-order valence-corrected chi connectivity index (χ1v) is 14.2. The van der Waals surface area contributed by atoms with Gasteiger partial charge >= 0.3 is 0 Å². The Bertz CT molecular complexity index is 1530. The topological polar surface area (TPSA) is 101 Å². The first-order valence-electron chi connectivity index (χ1n) is 14.2. The molecule has 2 aliphatic heterocycles. The van der Waals surface area contributed by atoms with Crippen LogP contribution >= 0.6 is 0 Å². The van der Waals surface area contributed by atoms with Gasteiger partial charge in [0.1, 0.15) is 11.8 Å². The molecule has 2 aliphatic rings. The second-order valence-corrected chi connectivity index (χ2v) is 10.7. The SMILES string of the molecule is CCOc1ccc2[nH]c(=O)c([C@H](c3nnnn3C[C@@H]3CCCO3)N3CCN(c4cccc(C)c4C)CC3)cc2c1. The molecule has 0 amide bonds. The number of hydrogen-bond acceptors (Lipinski definition) is 8. The average molecular weight is 544 g/mol. The zero-order chi connectivity index (χ0) is 27.6. The van der Waals surface area contributed by atoms with E-state index in [1.54, 1.807) is 0 Å². The van der Waals surface area contributed by atoms with Crippen molar-refractivity contribution in [3.05, 3.63) is 75.3 Å². The molecule has 0 bridgehead atoms. The van der Waals surface area contributed by atoms with Gasteiger partial charge in [-0.1, -0.05) is 12.1 Å². The van der Waals surface area contributed by atoms with Gasteiger partial charge in [-0.2, -0.15) is 0 Å². The zero-order valence-electron chi connectivity index (χ0n) is 23.5. The molecule has 6 rings (SSSR count). The lowest BCUT2D eigenvalue weighted by molar-refractivity contribution is 0.0906. The molecule has 2 aromatic carbocycles. The number of H-pyrrole nitrogens is 1. The maximum absolute atomic E-state index is 13.6. The molecular formula is C30H37N7O3. The average Bonchev–Trinajstić information content (AvgIpc) is 3.64. The van der Waals surface area contributed by atoms with Crippen molar-refractivity contribution in [2.24, 2.45) is 0 Å². The Hall–Kier alpha value is -3.76. The highest BCUT2D eigenvalue weighted by atomic mass is 16.5. The number of tetrazole rings is 1. The molecule has 0 spiro atoms. The van der Waals surface area contributed by atoms with Crippen molar-refractivity contribution in [3.63, 3.8) is 0 Å². The lowest BCUT2D eigenvalue weighted by atomic mass is 10.0. The van der Waals surface area contributed by atoms with Crippen LogP contribution in [0.4, 0.5) is 5.69 Å². The molecule has 40 heavy (non-hydrogen) atoms. The van der Waals surface area contributed by atoms with Gasteiger partial charge < -0.3 is 19.4 Å². The highest BCUT2D eigenvalue weighted by Crippen LogP contribution is 2.31. The number of hydrogen-bond donors (Lipinski definition) is 1. The van der Waals surface area contributed by atoms with Crippen LogP contribution in [0.5, 0.6) is 5.75 Å². The second kappa shape index (κ2) is 11.4. The summed E-state index contributed by atoms with van der Waals surface area (Å²) in [6.45, 7) is 11.4. The molecule has 4 heterocycles. The van der Waals surface area contributed by atoms with Gasteiger partial charge in [0.15, 0.2) is 5.82 Å². The normalized spacial score (nSPS) is 18.9. The molecule has 1 N–H and O–H groups in total. The molecule has 0 radical (unpaired) electrons. The third kappa shape index (κ3) is 5.21. The van der Waals surface area contributed by atoms with Gasteiger partial charge in [-0.15, -0.1) is 5.10 Å². The summed E-state index contributed by atoms with van der Waals surface area (Å²) < 4.78 is 13.5. The molecule has 0 unspecified atom stereocenters. The van der Waals surface area contributed by atoms with E-state index in [2.05, 4.69) is 62.4 Å². The van der Waals surface area contributed by atoms with Crippen LogP contribution in [0.15, 0.2) is 47.3 Å². The number of piperazine rings is 1. The van der Waals surface area contributed by atoms with Gasteiger partial charge in [-0.05, 0) is 85.5 Å². The summed E-state index contributed by atoms with van der Waals surface area (Å²) in [5.41, 5.74) is 5.14. The van der Waals surface area contributed by atoms with E-state index < -0.39 is 6.04 Å². The number of pyridine rings is 1. The number of ether oxygens (including phenoxy) is 2. The Kier molecular flexibility index (Phi) is 7.53. The van der Waals surface area contributed by atoms with Crippen molar-refractivity contribution in [2.45, 2.75) is 52.3 Å². The minimum Gasteiger partial charge on any atom is -0.494 e. The van der Waals surface area contributed by atoms with Crippen molar-refractivity contribution in [3.8, 4) is 5.75 Å². The first-order chi connectivity index (χ1) is 19.5. The maximum atomic E-state index is 13.6. The lowest BCUT2D eigenvalue weighted by Crippen LogP contribution is -2.49. The zero-order valence-corrected chi connectivity index (χ0v) is 23.5. The van der Waals surface area contributed by atoms with Gasteiger partial charge in [0, 0.05) is 54.9 Å². The van der Waals surface area contributed by atoms with Gasteiger partial charge in [-0.3, -0.25) is 9.69 Å². The minimum absolute atomic E-state index is 0.0766. The fourth-order valence-electron chi connectivity index (χ4n) is 5.98. The van der Waals surface area contributed by atoms with Crippen LogP contribution in [0.3, 0.4) is 0 Å². The van der Waals surface area contributed by atoms with E-state index >= 15 is 0 Å². The Morgan fingerprint density at radius 3 is 2.75 bits per heavy atom. The van der Waals surface area contributed by atoms with Crippen molar-refractivity contribution in [1.29, 1.82) is 0 Å². The maximum Gasteiger partial charge on any atom is 0.253 e. The molecule has 2 aromatic heterocycles. The number of fused-ring (bicyclic) bond motifs is 1. The minimum atomic E-state index is -0.402.